The van der Waals surface area contributed by atoms with Gasteiger partial charge >= 0.3 is 0 Å². The average Bonchev–Trinajstić information content (AvgIpc) is 2.14. The molecule has 0 bridgehead atoms. The third-order valence-corrected chi connectivity index (χ3v) is 3.36. The molecule has 0 aliphatic heterocycles. The van der Waals surface area contributed by atoms with E-state index in [1.807, 2.05) is 0 Å². The molecule has 0 aromatic carbocycles. The highest BCUT2D eigenvalue weighted by Crippen LogP contribution is 2.41. The van der Waals surface area contributed by atoms with Crippen molar-refractivity contribution in [1.29, 1.82) is 0 Å². The third-order valence-electron chi connectivity index (χ3n) is 3.36. The molecular formula is C14H25N. The molecule has 0 heterocycles. The number of hydrogen-bond donors (Lipinski definition) is 0. The highest BCUT2D eigenvalue weighted by atomic mass is 15.0. The van der Waals surface area contributed by atoms with Crippen LogP contribution in [0.25, 0.3) is 0 Å². The van der Waals surface area contributed by atoms with E-state index in [2.05, 4.69) is 52.0 Å². The standard InChI is InChI=1S/C14H25N/c1-6-12-8-7-10-14(2,3)13(12)9-11-15(4)5/h9,11H,6-8,10H2,1-5H3. The van der Waals surface area contributed by atoms with E-state index in [4.69, 9.17) is 0 Å². The summed E-state index contributed by atoms with van der Waals surface area (Å²) in [6, 6.07) is 0. The number of nitrogens with zero attached hydrogens (tertiary/aromatic N) is 1. The fourth-order valence-corrected chi connectivity index (χ4v) is 2.43. The van der Waals surface area contributed by atoms with Crippen LogP contribution in [0.5, 0.6) is 0 Å². The second kappa shape index (κ2) is 4.87. The van der Waals surface area contributed by atoms with Crippen molar-refractivity contribution in [1.82, 2.24) is 4.90 Å². The first-order valence-electron chi connectivity index (χ1n) is 6.04. The summed E-state index contributed by atoms with van der Waals surface area (Å²) in [5.74, 6) is 0. The van der Waals surface area contributed by atoms with Gasteiger partial charge in [-0.05, 0) is 48.9 Å². The Morgan fingerprint density at radius 2 is 2.00 bits per heavy atom. The molecule has 0 aromatic rings. The second-order valence-electron chi connectivity index (χ2n) is 5.39. The summed E-state index contributed by atoms with van der Waals surface area (Å²) in [5, 5.41) is 0. The van der Waals surface area contributed by atoms with Crippen LogP contribution in [0.15, 0.2) is 23.4 Å². The first-order chi connectivity index (χ1) is 6.97. The lowest BCUT2D eigenvalue weighted by Gasteiger charge is -2.34. The number of hydrogen-bond acceptors (Lipinski definition) is 1. The largest absolute Gasteiger partial charge is 0.383 e. The third kappa shape index (κ3) is 3.12. The highest BCUT2D eigenvalue weighted by Gasteiger charge is 2.27. The summed E-state index contributed by atoms with van der Waals surface area (Å²) in [6.07, 6.45) is 9.68. The van der Waals surface area contributed by atoms with Gasteiger partial charge in [0.2, 0.25) is 0 Å². The van der Waals surface area contributed by atoms with Crippen LogP contribution in [0.1, 0.15) is 46.5 Å². The molecule has 0 amide bonds. The molecule has 0 unspecified atom stereocenters. The van der Waals surface area contributed by atoms with Gasteiger partial charge in [-0.25, -0.2) is 0 Å². The molecule has 1 aliphatic carbocycles. The molecule has 15 heavy (non-hydrogen) atoms. The van der Waals surface area contributed by atoms with Crippen molar-refractivity contribution in [2.24, 2.45) is 5.41 Å². The molecule has 0 N–H and O–H groups in total. The van der Waals surface area contributed by atoms with Gasteiger partial charge in [0.1, 0.15) is 0 Å². The Bertz CT molecular complexity index is 269. The van der Waals surface area contributed by atoms with E-state index in [0.717, 1.165) is 0 Å². The van der Waals surface area contributed by atoms with Gasteiger partial charge < -0.3 is 4.90 Å². The summed E-state index contributed by atoms with van der Waals surface area (Å²) < 4.78 is 0. The van der Waals surface area contributed by atoms with Gasteiger partial charge in [-0.1, -0.05) is 26.3 Å². The van der Waals surface area contributed by atoms with E-state index in [1.54, 1.807) is 11.1 Å². The summed E-state index contributed by atoms with van der Waals surface area (Å²) in [7, 11) is 4.16. The molecular weight excluding hydrogens is 182 g/mol. The first kappa shape index (κ1) is 12.4. The molecule has 1 nitrogen and oxygen atoms in total. The lowest BCUT2D eigenvalue weighted by Crippen LogP contribution is -2.20. The van der Waals surface area contributed by atoms with Gasteiger partial charge in [-0.15, -0.1) is 0 Å². The zero-order valence-electron chi connectivity index (χ0n) is 10.9. The Morgan fingerprint density at radius 3 is 2.53 bits per heavy atom. The maximum absolute atomic E-state index is 2.37. The van der Waals surface area contributed by atoms with Gasteiger partial charge in [-0.2, -0.15) is 0 Å². The lowest BCUT2D eigenvalue weighted by atomic mass is 9.72. The smallest absolute Gasteiger partial charge is 0.00556 e. The van der Waals surface area contributed by atoms with Crippen molar-refractivity contribution in [3.63, 3.8) is 0 Å². The molecule has 1 rings (SSSR count). The Balaban J connectivity index is 2.98. The predicted octanol–water partition coefficient (Wildman–Crippen LogP) is 3.98. The molecule has 0 radical (unpaired) electrons. The van der Waals surface area contributed by atoms with E-state index in [1.165, 1.54) is 25.7 Å². The van der Waals surface area contributed by atoms with Crippen LogP contribution in [0.4, 0.5) is 0 Å². The van der Waals surface area contributed by atoms with Crippen LogP contribution in [0, 0.1) is 5.41 Å². The van der Waals surface area contributed by atoms with E-state index < -0.39 is 0 Å². The molecule has 0 atom stereocenters. The zero-order valence-corrected chi connectivity index (χ0v) is 10.9. The topological polar surface area (TPSA) is 3.24 Å². The van der Waals surface area contributed by atoms with Crippen molar-refractivity contribution in [3.05, 3.63) is 23.4 Å². The van der Waals surface area contributed by atoms with Crippen molar-refractivity contribution in [2.75, 3.05) is 14.1 Å². The minimum absolute atomic E-state index is 0.371. The maximum Gasteiger partial charge on any atom is 0.00556 e. The summed E-state index contributed by atoms with van der Waals surface area (Å²) in [6.45, 7) is 7.02. The van der Waals surface area contributed by atoms with E-state index in [0.29, 0.717) is 5.41 Å². The zero-order chi connectivity index (χ0) is 11.5. The molecule has 0 saturated heterocycles. The Kier molecular flexibility index (Phi) is 4.01. The van der Waals surface area contributed by atoms with Crippen LogP contribution in [-0.2, 0) is 0 Å². The van der Waals surface area contributed by atoms with E-state index in [9.17, 15) is 0 Å². The van der Waals surface area contributed by atoms with Crippen molar-refractivity contribution >= 4 is 0 Å². The fourth-order valence-electron chi connectivity index (χ4n) is 2.43. The molecule has 1 aliphatic rings. The van der Waals surface area contributed by atoms with Crippen LogP contribution in [0.3, 0.4) is 0 Å². The molecule has 0 saturated carbocycles. The van der Waals surface area contributed by atoms with Gasteiger partial charge in [0.05, 0.1) is 0 Å². The van der Waals surface area contributed by atoms with Crippen molar-refractivity contribution in [3.8, 4) is 0 Å². The van der Waals surface area contributed by atoms with Gasteiger partial charge in [-0.3, -0.25) is 0 Å². The van der Waals surface area contributed by atoms with Gasteiger partial charge in [0.15, 0.2) is 0 Å². The number of rotatable bonds is 3. The normalized spacial score (nSPS) is 21.1. The monoisotopic (exact) mass is 207 g/mol. The van der Waals surface area contributed by atoms with Crippen molar-refractivity contribution in [2.45, 2.75) is 46.5 Å². The van der Waals surface area contributed by atoms with Gasteiger partial charge in [0.25, 0.3) is 0 Å². The quantitative estimate of drug-likeness (QED) is 0.676. The second-order valence-corrected chi connectivity index (χ2v) is 5.39. The fraction of sp³-hybridized carbons (Fsp3) is 0.714. The van der Waals surface area contributed by atoms with Crippen LogP contribution in [-0.4, -0.2) is 19.0 Å². The minimum atomic E-state index is 0.371. The summed E-state index contributed by atoms with van der Waals surface area (Å²) >= 11 is 0. The van der Waals surface area contributed by atoms with Crippen LogP contribution < -0.4 is 0 Å². The van der Waals surface area contributed by atoms with Crippen LogP contribution >= 0.6 is 0 Å². The van der Waals surface area contributed by atoms with E-state index in [-0.39, 0.29) is 0 Å². The highest BCUT2D eigenvalue weighted by molar-refractivity contribution is 5.33. The molecule has 0 fully saturated rings. The Labute approximate surface area is 94.9 Å². The Hall–Kier alpha value is -0.720. The molecule has 0 spiro atoms. The maximum atomic E-state index is 2.37. The molecule has 1 heteroatoms. The molecule has 86 valence electrons. The SMILES string of the molecule is CCC1=C(C=CN(C)C)C(C)(C)CCC1. The van der Waals surface area contributed by atoms with Crippen LogP contribution in [0.2, 0.25) is 0 Å². The van der Waals surface area contributed by atoms with Crippen molar-refractivity contribution < 1.29 is 0 Å². The minimum Gasteiger partial charge on any atom is -0.383 e. The van der Waals surface area contributed by atoms with E-state index >= 15 is 0 Å². The Morgan fingerprint density at radius 1 is 1.33 bits per heavy atom. The first-order valence-corrected chi connectivity index (χ1v) is 6.04. The summed E-state index contributed by atoms with van der Waals surface area (Å²) in [5.41, 5.74) is 3.60. The summed E-state index contributed by atoms with van der Waals surface area (Å²) in [4.78, 5) is 2.12. The lowest BCUT2D eigenvalue weighted by molar-refractivity contribution is 0.372. The average molecular weight is 207 g/mol. The predicted molar refractivity (Wildman–Crippen MR) is 67.8 cm³/mol. The van der Waals surface area contributed by atoms with Gasteiger partial charge in [0, 0.05) is 14.1 Å². The molecule has 0 aromatic heterocycles. The number of allylic oxidation sites excluding steroid dienone is 3.